The third kappa shape index (κ3) is 6.26. The first-order chi connectivity index (χ1) is 15.8. The van der Waals surface area contributed by atoms with Gasteiger partial charge in [0, 0.05) is 24.9 Å². The maximum absolute atomic E-state index is 13.3. The van der Waals surface area contributed by atoms with Crippen LogP contribution in [0.3, 0.4) is 0 Å². The summed E-state index contributed by atoms with van der Waals surface area (Å²) in [7, 11) is -2.38. The molecule has 3 aromatic carbocycles. The Bertz CT molecular complexity index is 1190. The van der Waals surface area contributed by atoms with Gasteiger partial charge < -0.3 is 10.1 Å². The SMILES string of the molecule is COc1ccc(C(=O)CCC(=O)NCC(c2ccccc2)S(=O)(=O)c2ccc(F)cc2)cc1. The van der Waals surface area contributed by atoms with E-state index in [9.17, 15) is 22.4 Å². The molecule has 0 aliphatic rings. The quantitative estimate of drug-likeness (QED) is 0.356. The summed E-state index contributed by atoms with van der Waals surface area (Å²) < 4.78 is 44.8. The van der Waals surface area contributed by atoms with Crippen molar-refractivity contribution in [2.24, 2.45) is 0 Å². The fraction of sp³-hybridized carbons (Fsp3) is 0.200. The van der Waals surface area contributed by atoms with Crippen molar-refractivity contribution in [3.8, 4) is 5.75 Å². The van der Waals surface area contributed by atoms with Crippen molar-refractivity contribution >= 4 is 21.5 Å². The number of hydrogen-bond donors (Lipinski definition) is 1. The Morgan fingerprint density at radius 1 is 0.909 bits per heavy atom. The second-order valence-electron chi connectivity index (χ2n) is 7.35. The number of ketones is 1. The molecule has 3 rings (SSSR count). The highest BCUT2D eigenvalue weighted by atomic mass is 32.2. The number of carbonyl (C=O) groups excluding carboxylic acids is 2. The van der Waals surface area contributed by atoms with Gasteiger partial charge >= 0.3 is 0 Å². The Kier molecular flexibility index (Phi) is 7.95. The first kappa shape index (κ1) is 24.1. The number of halogens is 1. The summed E-state index contributed by atoms with van der Waals surface area (Å²) in [6.45, 7) is -0.181. The van der Waals surface area contributed by atoms with Crippen molar-refractivity contribution in [2.45, 2.75) is 23.0 Å². The second kappa shape index (κ2) is 10.9. The highest BCUT2D eigenvalue weighted by Gasteiger charge is 2.29. The molecule has 0 aliphatic carbocycles. The van der Waals surface area contributed by atoms with Gasteiger partial charge in [-0.2, -0.15) is 0 Å². The third-order valence-corrected chi connectivity index (χ3v) is 7.28. The molecule has 0 fully saturated rings. The molecule has 0 radical (unpaired) electrons. The number of methoxy groups -OCH3 is 1. The van der Waals surface area contributed by atoms with Crippen molar-refractivity contribution < 1.29 is 27.1 Å². The van der Waals surface area contributed by atoms with E-state index in [-0.39, 0.29) is 30.1 Å². The first-order valence-electron chi connectivity index (χ1n) is 10.3. The first-order valence-corrected chi connectivity index (χ1v) is 11.8. The molecule has 0 spiro atoms. The summed E-state index contributed by atoms with van der Waals surface area (Å²) in [5.41, 5.74) is 0.959. The van der Waals surface area contributed by atoms with E-state index >= 15 is 0 Å². The number of Topliss-reactive ketones (excluding diaryl/α,β-unsaturated/α-hetero) is 1. The van der Waals surface area contributed by atoms with Crippen LogP contribution in [0.25, 0.3) is 0 Å². The van der Waals surface area contributed by atoms with Gasteiger partial charge in [-0.05, 0) is 54.1 Å². The highest BCUT2D eigenvalue weighted by Crippen LogP contribution is 2.28. The predicted molar refractivity (Wildman–Crippen MR) is 122 cm³/mol. The van der Waals surface area contributed by atoms with E-state index in [1.807, 2.05) is 0 Å². The van der Waals surface area contributed by atoms with E-state index in [2.05, 4.69) is 5.32 Å². The van der Waals surface area contributed by atoms with Crippen molar-refractivity contribution in [3.05, 3.63) is 95.8 Å². The molecule has 0 bridgehead atoms. The molecule has 3 aromatic rings. The van der Waals surface area contributed by atoms with Crippen LogP contribution in [-0.4, -0.2) is 33.8 Å². The molecule has 172 valence electrons. The van der Waals surface area contributed by atoms with E-state index in [0.29, 0.717) is 16.9 Å². The van der Waals surface area contributed by atoms with E-state index in [1.54, 1.807) is 54.6 Å². The van der Waals surface area contributed by atoms with Crippen molar-refractivity contribution in [3.63, 3.8) is 0 Å². The summed E-state index contributed by atoms with van der Waals surface area (Å²) in [6.07, 6.45) is -0.0954. The number of sulfone groups is 1. The van der Waals surface area contributed by atoms with Crippen LogP contribution < -0.4 is 10.1 Å². The van der Waals surface area contributed by atoms with Gasteiger partial charge in [0.15, 0.2) is 15.6 Å². The van der Waals surface area contributed by atoms with E-state index in [4.69, 9.17) is 4.74 Å². The number of benzene rings is 3. The fourth-order valence-electron chi connectivity index (χ4n) is 3.31. The number of amides is 1. The lowest BCUT2D eigenvalue weighted by atomic mass is 10.1. The highest BCUT2D eigenvalue weighted by molar-refractivity contribution is 7.91. The fourth-order valence-corrected chi connectivity index (χ4v) is 4.97. The zero-order chi connectivity index (χ0) is 23.8. The van der Waals surface area contributed by atoms with Crippen LogP contribution >= 0.6 is 0 Å². The molecule has 33 heavy (non-hydrogen) atoms. The molecule has 6 nitrogen and oxygen atoms in total. The largest absolute Gasteiger partial charge is 0.497 e. The van der Waals surface area contributed by atoms with Gasteiger partial charge in [-0.3, -0.25) is 9.59 Å². The van der Waals surface area contributed by atoms with E-state index < -0.39 is 26.8 Å². The molecule has 1 unspecified atom stereocenters. The van der Waals surface area contributed by atoms with Gasteiger partial charge in [-0.1, -0.05) is 30.3 Å². The zero-order valence-electron chi connectivity index (χ0n) is 18.0. The van der Waals surface area contributed by atoms with Crippen molar-refractivity contribution in [1.82, 2.24) is 5.32 Å². The number of nitrogens with one attached hydrogen (secondary N) is 1. The van der Waals surface area contributed by atoms with Crippen LogP contribution in [0.5, 0.6) is 5.75 Å². The monoisotopic (exact) mass is 469 g/mol. The van der Waals surface area contributed by atoms with Crippen LogP contribution in [-0.2, 0) is 14.6 Å². The summed E-state index contributed by atoms with van der Waals surface area (Å²) in [4.78, 5) is 24.7. The van der Waals surface area contributed by atoms with Crippen LogP contribution in [0.2, 0.25) is 0 Å². The molecular formula is C25H24FNO5S. The minimum absolute atomic E-state index is 0.0150. The van der Waals surface area contributed by atoms with Crippen LogP contribution in [0, 0.1) is 5.82 Å². The van der Waals surface area contributed by atoms with Crippen LogP contribution in [0.1, 0.15) is 34.0 Å². The summed E-state index contributed by atoms with van der Waals surface area (Å²) in [5, 5.41) is 1.56. The minimum Gasteiger partial charge on any atom is -0.497 e. The average Bonchev–Trinajstić information content (AvgIpc) is 2.83. The number of rotatable bonds is 10. The van der Waals surface area contributed by atoms with Crippen molar-refractivity contribution in [1.29, 1.82) is 0 Å². The Labute approximate surface area is 192 Å². The van der Waals surface area contributed by atoms with E-state index in [0.717, 1.165) is 12.1 Å². The molecule has 8 heteroatoms. The van der Waals surface area contributed by atoms with Gasteiger partial charge in [0.1, 0.15) is 16.8 Å². The van der Waals surface area contributed by atoms with Crippen LogP contribution in [0.4, 0.5) is 4.39 Å². The molecule has 0 aromatic heterocycles. The lowest BCUT2D eigenvalue weighted by Crippen LogP contribution is -2.32. The lowest BCUT2D eigenvalue weighted by Gasteiger charge is -2.19. The Hall–Kier alpha value is -3.52. The van der Waals surface area contributed by atoms with Gasteiger partial charge in [0.05, 0.1) is 12.0 Å². The predicted octanol–water partition coefficient (Wildman–Crippen LogP) is 4.13. The topological polar surface area (TPSA) is 89.5 Å². The molecule has 1 N–H and O–H groups in total. The average molecular weight is 470 g/mol. The van der Waals surface area contributed by atoms with Crippen molar-refractivity contribution in [2.75, 3.05) is 13.7 Å². The summed E-state index contributed by atoms with van der Waals surface area (Å²) in [5.74, 6) is -0.558. The minimum atomic E-state index is -3.91. The maximum atomic E-state index is 13.3. The summed E-state index contributed by atoms with van der Waals surface area (Å²) in [6, 6.07) is 19.6. The summed E-state index contributed by atoms with van der Waals surface area (Å²) >= 11 is 0. The molecule has 0 saturated heterocycles. The smallest absolute Gasteiger partial charge is 0.220 e. The molecule has 0 heterocycles. The number of ether oxygens (including phenoxy) is 1. The standard InChI is InChI=1S/C25H24FNO5S/c1-32-21-11-7-18(8-12-21)23(28)15-16-25(29)27-17-24(19-5-3-2-4-6-19)33(30,31)22-13-9-20(26)10-14-22/h2-14,24H,15-17H2,1H3,(H,27,29). The van der Waals surface area contributed by atoms with Gasteiger partial charge in [-0.25, -0.2) is 12.8 Å². The number of hydrogen-bond acceptors (Lipinski definition) is 5. The molecular weight excluding hydrogens is 445 g/mol. The van der Waals surface area contributed by atoms with E-state index in [1.165, 1.54) is 19.2 Å². The Morgan fingerprint density at radius 2 is 1.55 bits per heavy atom. The maximum Gasteiger partial charge on any atom is 0.220 e. The number of carbonyl (C=O) groups is 2. The second-order valence-corrected chi connectivity index (χ2v) is 9.48. The molecule has 1 atom stereocenters. The lowest BCUT2D eigenvalue weighted by molar-refractivity contribution is -0.121. The molecule has 0 aliphatic heterocycles. The zero-order valence-corrected chi connectivity index (χ0v) is 18.8. The van der Waals surface area contributed by atoms with Crippen LogP contribution in [0.15, 0.2) is 83.8 Å². The molecule has 1 amide bonds. The Morgan fingerprint density at radius 3 is 2.15 bits per heavy atom. The molecule has 0 saturated carbocycles. The van der Waals surface area contributed by atoms with Gasteiger partial charge in [-0.15, -0.1) is 0 Å². The third-order valence-electron chi connectivity index (χ3n) is 5.16. The normalized spacial score (nSPS) is 12.1. The van der Waals surface area contributed by atoms with Gasteiger partial charge in [0.25, 0.3) is 0 Å². The van der Waals surface area contributed by atoms with Gasteiger partial charge in [0.2, 0.25) is 5.91 Å². The Balaban J connectivity index is 1.67.